The van der Waals surface area contributed by atoms with Gasteiger partial charge in [0.05, 0.1) is 13.2 Å². The average molecular weight is 453 g/mol. The molecule has 0 saturated carbocycles. The molecule has 33 heavy (non-hydrogen) atoms. The van der Waals surface area contributed by atoms with E-state index in [1.165, 1.54) is 27.8 Å². The van der Waals surface area contributed by atoms with E-state index >= 15 is 0 Å². The molecule has 180 valence electrons. The van der Waals surface area contributed by atoms with E-state index in [-0.39, 0.29) is 6.61 Å². The van der Waals surface area contributed by atoms with Crippen LogP contribution in [0.1, 0.15) is 40.3 Å². The molecular formula is C27H40N4O2. The Morgan fingerprint density at radius 1 is 1.06 bits per heavy atom. The SMILES string of the molecule is COc1ccc(CN2CCN(CC3CNNC3c3cc(C)ccc3C)CC2CCO)cc1C. The Labute approximate surface area is 198 Å². The fraction of sp³-hybridized carbons (Fsp3) is 0.556. The third-order valence-corrected chi connectivity index (χ3v) is 7.35. The van der Waals surface area contributed by atoms with Gasteiger partial charge in [0.1, 0.15) is 5.75 Å². The van der Waals surface area contributed by atoms with Crippen molar-refractivity contribution < 1.29 is 9.84 Å². The standard InChI is InChI=1S/C27H40N4O2/c1-19-5-6-20(2)25(13-19)27-23(15-28-29-27)17-30-10-11-31(24(18-30)9-12-32)16-22-7-8-26(33-4)21(3)14-22/h5-8,13-14,23-24,27-29,32H,9-12,15-18H2,1-4H3. The van der Waals surface area contributed by atoms with Crippen LogP contribution in [0.4, 0.5) is 0 Å². The van der Waals surface area contributed by atoms with Crippen LogP contribution in [0.5, 0.6) is 5.75 Å². The molecule has 2 fully saturated rings. The van der Waals surface area contributed by atoms with Crippen LogP contribution in [0.25, 0.3) is 0 Å². The fourth-order valence-electron chi connectivity index (χ4n) is 5.49. The summed E-state index contributed by atoms with van der Waals surface area (Å²) in [5.41, 5.74) is 13.5. The van der Waals surface area contributed by atoms with Crippen LogP contribution >= 0.6 is 0 Å². The third-order valence-electron chi connectivity index (χ3n) is 7.35. The number of rotatable bonds is 8. The van der Waals surface area contributed by atoms with Crippen LogP contribution in [0.15, 0.2) is 36.4 Å². The number of piperazine rings is 1. The highest BCUT2D eigenvalue weighted by Crippen LogP contribution is 2.30. The van der Waals surface area contributed by atoms with Gasteiger partial charge in [-0.1, -0.05) is 35.9 Å². The monoisotopic (exact) mass is 452 g/mol. The van der Waals surface area contributed by atoms with Gasteiger partial charge in [-0.25, -0.2) is 5.43 Å². The number of aryl methyl sites for hydroxylation is 3. The first-order chi connectivity index (χ1) is 16.0. The maximum atomic E-state index is 9.75. The van der Waals surface area contributed by atoms with Crippen LogP contribution < -0.4 is 15.6 Å². The van der Waals surface area contributed by atoms with Gasteiger partial charge >= 0.3 is 0 Å². The van der Waals surface area contributed by atoms with Crippen LogP contribution in [0, 0.1) is 26.7 Å². The lowest BCUT2D eigenvalue weighted by atomic mass is 9.90. The minimum atomic E-state index is 0.230. The Bertz CT molecular complexity index is 934. The molecule has 3 atom stereocenters. The van der Waals surface area contributed by atoms with Crippen molar-refractivity contribution in [1.29, 1.82) is 0 Å². The summed E-state index contributed by atoms with van der Waals surface area (Å²) < 4.78 is 5.42. The van der Waals surface area contributed by atoms with E-state index in [0.29, 0.717) is 18.0 Å². The van der Waals surface area contributed by atoms with Crippen molar-refractivity contribution in [2.75, 3.05) is 46.4 Å². The Hall–Kier alpha value is -1.96. The number of methoxy groups -OCH3 is 1. The summed E-state index contributed by atoms with van der Waals surface area (Å²) in [5, 5.41) is 9.75. The van der Waals surface area contributed by atoms with Gasteiger partial charge in [-0.3, -0.25) is 10.3 Å². The highest BCUT2D eigenvalue weighted by atomic mass is 16.5. The van der Waals surface area contributed by atoms with Crippen LogP contribution in [0.3, 0.4) is 0 Å². The lowest BCUT2D eigenvalue weighted by Crippen LogP contribution is -2.54. The van der Waals surface area contributed by atoms with Gasteiger partial charge in [-0.05, 0) is 55.5 Å². The summed E-state index contributed by atoms with van der Waals surface area (Å²) in [7, 11) is 1.72. The van der Waals surface area contributed by atoms with Crippen molar-refractivity contribution in [3.8, 4) is 5.75 Å². The van der Waals surface area contributed by atoms with Gasteiger partial charge in [0, 0.05) is 57.8 Å². The third kappa shape index (κ3) is 5.76. The first kappa shape index (κ1) is 24.2. The van der Waals surface area contributed by atoms with Gasteiger partial charge in [-0.15, -0.1) is 0 Å². The maximum Gasteiger partial charge on any atom is 0.121 e. The summed E-state index contributed by atoms with van der Waals surface area (Å²) in [6.45, 7) is 12.8. The molecule has 2 aliphatic rings. The Morgan fingerprint density at radius 3 is 2.67 bits per heavy atom. The van der Waals surface area contributed by atoms with Gasteiger partial charge in [0.25, 0.3) is 0 Å². The van der Waals surface area contributed by atoms with Gasteiger partial charge in [0.15, 0.2) is 0 Å². The number of nitrogens with zero attached hydrogens (tertiary/aromatic N) is 2. The number of benzene rings is 2. The molecule has 2 heterocycles. The zero-order chi connectivity index (χ0) is 23.4. The quantitative estimate of drug-likeness (QED) is 0.573. The number of hydrazine groups is 1. The minimum absolute atomic E-state index is 0.230. The average Bonchev–Trinajstić information content (AvgIpc) is 3.25. The number of aliphatic hydroxyl groups is 1. The molecule has 0 radical (unpaired) electrons. The molecule has 0 aromatic heterocycles. The molecule has 0 spiro atoms. The number of hydrogen-bond acceptors (Lipinski definition) is 6. The normalized spacial score (nSPS) is 24.3. The zero-order valence-corrected chi connectivity index (χ0v) is 20.6. The van der Waals surface area contributed by atoms with E-state index in [1.807, 2.05) is 0 Å². The zero-order valence-electron chi connectivity index (χ0n) is 20.6. The maximum absolute atomic E-state index is 9.75. The molecule has 0 bridgehead atoms. The highest BCUT2D eigenvalue weighted by molar-refractivity contribution is 5.36. The second kappa shape index (κ2) is 11.0. The summed E-state index contributed by atoms with van der Waals surface area (Å²) in [6, 6.07) is 13.9. The predicted octanol–water partition coefficient (Wildman–Crippen LogP) is 2.95. The van der Waals surface area contributed by atoms with Gasteiger partial charge in [0.2, 0.25) is 0 Å². The minimum Gasteiger partial charge on any atom is -0.496 e. The van der Waals surface area contributed by atoms with E-state index in [9.17, 15) is 5.11 Å². The second-order valence-corrected chi connectivity index (χ2v) is 9.82. The van der Waals surface area contributed by atoms with Crippen molar-refractivity contribution in [3.63, 3.8) is 0 Å². The number of ether oxygens (including phenoxy) is 1. The number of nitrogens with one attached hydrogen (secondary N) is 2. The van der Waals surface area contributed by atoms with Crippen molar-refractivity contribution >= 4 is 0 Å². The molecule has 6 heteroatoms. The van der Waals surface area contributed by atoms with E-state index in [0.717, 1.165) is 51.4 Å². The predicted molar refractivity (Wildman–Crippen MR) is 133 cm³/mol. The van der Waals surface area contributed by atoms with Crippen molar-refractivity contribution in [2.45, 2.75) is 45.8 Å². The summed E-state index contributed by atoms with van der Waals surface area (Å²) in [6.07, 6.45) is 0.813. The van der Waals surface area contributed by atoms with Gasteiger partial charge < -0.3 is 14.7 Å². The first-order valence-electron chi connectivity index (χ1n) is 12.2. The molecule has 0 amide bonds. The van der Waals surface area contributed by atoms with E-state index in [4.69, 9.17) is 4.74 Å². The Morgan fingerprint density at radius 2 is 1.91 bits per heavy atom. The lowest BCUT2D eigenvalue weighted by Gasteiger charge is -2.42. The number of aliphatic hydroxyl groups excluding tert-OH is 1. The largest absolute Gasteiger partial charge is 0.496 e. The lowest BCUT2D eigenvalue weighted by molar-refractivity contribution is 0.0457. The number of hydrogen-bond donors (Lipinski definition) is 3. The smallest absolute Gasteiger partial charge is 0.121 e. The first-order valence-corrected chi connectivity index (χ1v) is 12.2. The molecule has 2 aromatic carbocycles. The molecular weight excluding hydrogens is 412 g/mol. The Kier molecular flexibility index (Phi) is 8.04. The molecule has 3 N–H and O–H groups in total. The van der Waals surface area contributed by atoms with Crippen molar-refractivity contribution in [1.82, 2.24) is 20.7 Å². The molecule has 6 nitrogen and oxygen atoms in total. The summed E-state index contributed by atoms with van der Waals surface area (Å²) in [4.78, 5) is 5.15. The van der Waals surface area contributed by atoms with Crippen LogP contribution in [-0.4, -0.2) is 67.4 Å². The van der Waals surface area contributed by atoms with Crippen LogP contribution in [0.2, 0.25) is 0 Å². The van der Waals surface area contributed by atoms with E-state index in [2.05, 4.69) is 77.8 Å². The van der Waals surface area contributed by atoms with Crippen molar-refractivity contribution in [2.24, 2.45) is 5.92 Å². The molecule has 0 aliphatic carbocycles. The van der Waals surface area contributed by atoms with Crippen LogP contribution in [-0.2, 0) is 6.54 Å². The van der Waals surface area contributed by atoms with E-state index in [1.54, 1.807) is 7.11 Å². The summed E-state index contributed by atoms with van der Waals surface area (Å²) in [5.74, 6) is 1.46. The molecule has 2 aromatic rings. The fourth-order valence-corrected chi connectivity index (χ4v) is 5.49. The van der Waals surface area contributed by atoms with Gasteiger partial charge in [-0.2, -0.15) is 0 Å². The molecule has 4 rings (SSSR count). The topological polar surface area (TPSA) is 60.0 Å². The highest BCUT2D eigenvalue weighted by Gasteiger charge is 2.33. The molecule has 2 aliphatic heterocycles. The van der Waals surface area contributed by atoms with E-state index < -0.39 is 0 Å². The Balaban J connectivity index is 1.40. The molecule has 2 saturated heterocycles. The molecule has 3 unspecified atom stereocenters. The van der Waals surface area contributed by atoms with Crippen molar-refractivity contribution in [3.05, 3.63) is 64.2 Å². The summed E-state index contributed by atoms with van der Waals surface area (Å²) >= 11 is 0. The second-order valence-electron chi connectivity index (χ2n) is 9.82.